The summed E-state index contributed by atoms with van der Waals surface area (Å²) in [6.07, 6.45) is 1.72. The summed E-state index contributed by atoms with van der Waals surface area (Å²) in [6, 6.07) is 0. The molecule has 0 aliphatic carbocycles. The van der Waals surface area contributed by atoms with E-state index in [2.05, 4.69) is 6.58 Å². The van der Waals surface area contributed by atoms with E-state index in [-0.39, 0.29) is 13.9 Å². The van der Waals surface area contributed by atoms with Gasteiger partial charge in [0.05, 0.1) is 0 Å². The smallest absolute Gasteiger partial charge is 0.330 e. The van der Waals surface area contributed by atoms with Crippen molar-refractivity contribution in [3.63, 3.8) is 0 Å². The molecule has 3 heteroatoms. The molecule has 0 amide bonds. The van der Waals surface area contributed by atoms with Crippen molar-refractivity contribution in [2.45, 2.75) is 0 Å². The second-order valence-electron chi connectivity index (χ2n) is 1.88. The lowest BCUT2D eigenvalue weighted by Crippen LogP contribution is -1.99. The Kier molecular flexibility index (Phi) is 4.33. The third-order valence-electron chi connectivity index (χ3n) is 0.632. The fourth-order valence-corrected chi connectivity index (χ4v) is 0.637. The Morgan fingerprint density at radius 2 is 2.33 bits per heavy atom. The Labute approximate surface area is 56.6 Å². The van der Waals surface area contributed by atoms with E-state index in [0.29, 0.717) is 6.35 Å². The first-order valence-corrected chi connectivity index (χ1v) is 5.03. The highest BCUT2D eigenvalue weighted by molar-refractivity contribution is 7.55. The molecular formula is C6H11O2P. The lowest BCUT2D eigenvalue weighted by molar-refractivity contribution is -0.135. The third-order valence-corrected chi connectivity index (χ3v) is 1.28. The average Bonchev–Trinajstić information content (AvgIpc) is 1.83. The van der Waals surface area contributed by atoms with Crippen molar-refractivity contribution in [3.05, 3.63) is 12.7 Å². The van der Waals surface area contributed by atoms with E-state index in [1.807, 2.05) is 13.3 Å². The van der Waals surface area contributed by atoms with E-state index in [0.717, 1.165) is 0 Å². The molecule has 0 aromatic heterocycles. The fraction of sp³-hybridized carbons (Fsp3) is 0.500. The molecule has 0 aliphatic rings. The van der Waals surface area contributed by atoms with Gasteiger partial charge in [-0.15, -0.1) is 0 Å². The predicted octanol–water partition coefficient (Wildman–Crippen LogP) is 1.41. The van der Waals surface area contributed by atoms with Crippen molar-refractivity contribution in [1.29, 1.82) is 0 Å². The summed E-state index contributed by atoms with van der Waals surface area (Å²) in [4.78, 5) is 10.4. The molecule has 0 heterocycles. The Morgan fingerprint density at radius 3 is 2.67 bits per heavy atom. The van der Waals surface area contributed by atoms with Gasteiger partial charge in [-0.1, -0.05) is 14.5 Å². The Morgan fingerprint density at radius 1 is 1.78 bits per heavy atom. The van der Waals surface area contributed by atoms with Gasteiger partial charge in [0.15, 0.2) is 0 Å². The van der Waals surface area contributed by atoms with Crippen LogP contribution in [0.25, 0.3) is 0 Å². The van der Waals surface area contributed by atoms with E-state index >= 15 is 0 Å². The molecule has 0 aromatic carbocycles. The second-order valence-corrected chi connectivity index (χ2v) is 4.29. The number of hydrogen-bond donors (Lipinski definition) is 0. The Balaban J connectivity index is 3.27. The second kappa shape index (κ2) is 4.51. The molecule has 2 nitrogen and oxygen atoms in total. The van der Waals surface area contributed by atoms with Gasteiger partial charge < -0.3 is 4.74 Å². The van der Waals surface area contributed by atoms with Crippen molar-refractivity contribution >= 4 is 13.9 Å². The van der Waals surface area contributed by atoms with E-state index in [9.17, 15) is 4.79 Å². The van der Waals surface area contributed by atoms with E-state index in [1.165, 1.54) is 6.08 Å². The number of esters is 1. The number of carbonyl (C=O) groups is 1. The van der Waals surface area contributed by atoms with Gasteiger partial charge in [-0.2, -0.15) is 0 Å². The lowest BCUT2D eigenvalue weighted by atomic mass is 10.7. The van der Waals surface area contributed by atoms with Crippen molar-refractivity contribution < 1.29 is 9.53 Å². The van der Waals surface area contributed by atoms with E-state index in [4.69, 9.17) is 4.74 Å². The van der Waals surface area contributed by atoms with Crippen LogP contribution in [-0.2, 0) is 9.53 Å². The van der Waals surface area contributed by atoms with Crippen LogP contribution < -0.4 is 0 Å². The lowest BCUT2D eigenvalue weighted by Gasteiger charge is -2.03. The molecule has 0 fully saturated rings. The SMILES string of the molecule is C=CC(=O)OCP(C)C. The number of rotatable bonds is 3. The van der Waals surface area contributed by atoms with Crippen LogP contribution in [0.15, 0.2) is 12.7 Å². The zero-order chi connectivity index (χ0) is 7.28. The summed E-state index contributed by atoms with van der Waals surface area (Å²) < 4.78 is 4.72. The normalized spacial score (nSPS) is 9.22. The van der Waals surface area contributed by atoms with Crippen molar-refractivity contribution in [3.8, 4) is 0 Å². The first kappa shape index (κ1) is 8.64. The van der Waals surface area contributed by atoms with Crippen molar-refractivity contribution in [2.75, 3.05) is 19.7 Å². The van der Waals surface area contributed by atoms with Gasteiger partial charge in [0, 0.05) is 6.08 Å². The zero-order valence-electron chi connectivity index (χ0n) is 5.76. The summed E-state index contributed by atoms with van der Waals surface area (Å²) in [6.45, 7) is 7.37. The number of hydrogen-bond acceptors (Lipinski definition) is 2. The summed E-state index contributed by atoms with van der Waals surface area (Å²) in [5, 5.41) is 0. The molecule has 0 saturated carbocycles. The number of carbonyl (C=O) groups excluding carboxylic acids is 1. The minimum absolute atomic E-state index is 0.130. The van der Waals surface area contributed by atoms with Crippen LogP contribution in [0.4, 0.5) is 0 Å². The highest BCUT2D eigenvalue weighted by Crippen LogP contribution is 2.23. The molecular weight excluding hydrogens is 135 g/mol. The van der Waals surface area contributed by atoms with Crippen LogP contribution in [0, 0.1) is 0 Å². The molecule has 0 unspecified atom stereocenters. The molecule has 0 spiro atoms. The number of ether oxygens (including phenoxy) is 1. The first-order valence-electron chi connectivity index (χ1n) is 2.60. The maximum atomic E-state index is 10.4. The topological polar surface area (TPSA) is 26.3 Å². The molecule has 0 rings (SSSR count). The summed E-state index contributed by atoms with van der Waals surface area (Å²) >= 11 is 0. The maximum absolute atomic E-state index is 10.4. The van der Waals surface area contributed by atoms with Gasteiger partial charge >= 0.3 is 5.97 Å². The summed E-state index contributed by atoms with van der Waals surface area (Å²) in [7, 11) is -0.130. The van der Waals surface area contributed by atoms with Gasteiger partial charge in [0.25, 0.3) is 0 Å². The van der Waals surface area contributed by atoms with Crippen LogP contribution >= 0.6 is 7.92 Å². The van der Waals surface area contributed by atoms with E-state index in [1.54, 1.807) is 0 Å². The molecule has 52 valence electrons. The van der Waals surface area contributed by atoms with Crippen molar-refractivity contribution in [1.82, 2.24) is 0 Å². The van der Waals surface area contributed by atoms with E-state index < -0.39 is 0 Å². The predicted molar refractivity (Wildman–Crippen MR) is 39.9 cm³/mol. The quantitative estimate of drug-likeness (QED) is 0.342. The van der Waals surface area contributed by atoms with Crippen LogP contribution in [-0.4, -0.2) is 25.6 Å². The molecule has 0 N–H and O–H groups in total. The maximum Gasteiger partial charge on any atom is 0.330 e. The molecule has 0 aromatic rings. The monoisotopic (exact) mass is 146 g/mol. The van der Waals surface area contributed by atoms with Crippen molar-refractivity contribution in [2.24, 2.45) is 0 Å². The highest BCUT2D eigenvalue weighted by Gasteiger charge is 1.96. The minimum Gasteiger partial charge on any atom is -0.458 e. The zero-order valence-corrected chi connectivity index (χ0v) is 6.65. The van der Waals surface area contributed by atoms with Gasteiger partial charge in [-0.25, -0.2) is 4.79 Å². The van der Waals surface area contributed by atoms with Gasteiger partial charge in [0.1, 0.15) is 6.35 Å². The molecule has 0 saturated heterocycles. The Hall–Kier alpha value is -0.360. The average molecular weight is 146 g/mol. The minimum atomic E-state index is -0.328. The van der Waals surface area contributed by atoms with Crippen LogP contribution in [0.5, 0.6) is 0 Å². The summed E-state index contributed by atoms with van der Waals surface area (Å²) in [5.74, 6) is -0.328. The van der Waals surface area contributed by atoms with Crippen LogP contribution in [0.3, 0.4) is 0 Å². The van der Waals surface area contributed by atoms with Gasteiger partial charge in [0.2, 0.25) is 0 Å². The van der Waals surface area contributed by atoms with Crippen LogP contribution in [0.2, 0.25) is 0 Å². The molecule has 9 heavy (non-hydrogen) atoms. The molecule has 0 atom stereocenters. The standard InChI is InChI=1S/C6H11O2P/c1-4-6(7)8-5-9(2)3/h4H,1,5H2,2-3H3. The molecule has 0 radical (unpaired) electrons. The Bertz CT molecular complexity index is 110. The fourth-order valence-electron chi connectivity index (χ4n) is 0.252. The first-order chi connectivity index (χ1) is 4.16. The molecule has 0 bridgehead atoms. The molecule has 0 aliphatic heterocycles. The van der Waals surface area contributed by atoms with Gasteiger partial charge in [-0.05, 0) is 13.3 Å². The highest BCUT2D eigenvalue weighted by atomic mass is 31.1. The van der Waals surface area contributed by atoms with Gasteiger partial charge in [-0.3, -0.25) is 0 Å². The third kappa shape index (κ3) is 5.51. The summed E-state index contributed by atoms with van der Waals surface area (Å²) in [5.41, 5.74) is 0. The largest absolute Gasteiger partial charge is 0.458 e. The van der Waals surface area contributed by atoms with Crippen LogP contribution in [0.1, 0.15) is 0 Å².